The van der Waals surface area contributed by atoms with Crippen molar-refractivity contribution < 1.29 is 0 Å². The summed E-state index contributed by atoms with van der Waals surface area (Å²) in [5.74, 6) is 0. The summed E-state index contributed by atoms with van der Waals surface area (Å²) in [6, 6.07) is 4.71. The van der Waals surface area contributed by atoms with Gasteiger partial charge in [-0.3, -0.25) is 0 Å². The second-order valence-electron chi connectivity index (χ2n) is 6.63. The fraction of sp³-hybridized carbons (Fsp3) is 0.611. The molecule has 1 N–H and O–H groups in total. The van der Waals surface area contributed by atoms with E-state index in [9.17, 15) is 0 Å². The van der Waals surface area contributed by atoms with Gasteiger partial charge in [-0.2, -0.15) is 0 Å². The van der Waals surface area contributed by atoms with Crippen LogP contribution in [0.15, 0.2) is 24.5 Å². The molecule has 2 aromatic heterocycles. The van der Waals surface area contributed by atoms with Crippen LogP contribution in [0.1, 0.15) is 43.9 Å². The van der Waals surface area contributed by atoms with Crippen molar-refractivity contribution in [3.05, 3.63) is 35.8 Å². The Kier molecular flexibility index (Phi) is 5.11. The molecule has 4 nitrogen and oxygen atoms in total. The lowest BCUT2D eigenvalue weighted by Crippen LogP contribution is -2.39. The number of imidazole rings is 1. The van der Waals surface area contributed by atoms with Crippen molar-refractivity contribution in [3.63, 3.8) is 0 Å². The Hall–Kier alpha value is -1.39. The number of hydrogen-bond donors (Lipinski definition) is 1. The molecule has 4 heteroatoms. The highest BCUT2D eigenvalue weighted by Crippen LogP contribution is 2.12. The number of pyridine rings is 1. The normalized spacial score (nSPS) is 18.5. The van der Waals surface area contributed by atoms with Crippen molar-refractivity contribution in [2.45, 2.75) is 52.1 Å². The van der Waals surface area contributed by atoms with Crippen molar-refractivity contribution in [1.29, 1.82) is 0 Å². The van der Waals surface area contributed by atoms with Gasteiger partial charge in [0.05, 0.1) is 11.9 Å². The van der Waals surface area contributed by atoms with E-state index in [4.69, 9.17) is 0 Å². The van der Waals surface area contributed by atoms with Gasteiger partial charge in [-0.05, 0) is 51.4 Å². The number of hydrogen-bond acceptors (Lipinski definition) is 3. The van der Waals surface area contributed by atoms with E-state index in [2.05, 4.69) is 51.8 Å². The molecule has 0 spiro atoms. The van der Waals surface area contributed by atoms with E-state index in [1.165, 1.54) is 50.0 Å². The second kappa shape index (κ2) is 7.25. The minimum atomic E-state index is 0.508. The molecule has 1 saturated heterocycles. The average molecular weight is 300 g/mol. The number of aromatic nitrogens is 2. The maximum Gasteiger partial charge on any atom is 0.139 e. The fourth-order valence-corrected chi connectivity index (χ4v) is 3.38. The SMILES string of the molecule is Cc1cccn2c(CN[C@@H](C)CN3CCCCCC3)cnc12. The van der Waals surface area contributed by atoms with E-state index in [1.54, 1.807) is 0 Å². The third kappa shape index (κ3) is 3.68. The van der Waals surface area contributed by atoms with Gasteiger partial charge in [-0.25, -0.2) is 4.98 Å². The molecular weight excluding hydrogens is 272 g/mol. The van der Waals surface area contributed by atoms with Crippen LogP contribution in [-0.2, 0) is 6.54 Å². The van der Waals surface area contributed by atoms with E-state index < -0.39 is 0 Å². The topological polar surface area (TPSA) is 32.6 Å². The van der Waals surface area contributed by atoms with Gasteiger partial charge in [-0.1, -0.05) is 18.9 Å². The summed E-state index contributed by atoms with van der Waals surface area (Å²) in [6.07, 6.45) is 9.62. The van der Waals surface area contributed by atoms with Crippen LogP contribution in [0.2, 0.25) is 0 Å². The zero-order valence-corrected chi connectivity index (χ0v) is 13.9. The van der Waals surface area contributed by atoms with Crippen LogP contribution < -0.4 is 5.32 Å². The third-order valence-electron chi connectivity index (χ3n) is 4.67. The Morgan fingerprint density at radius 1 is 1.23 bits per heavy atom. The minimum Gasteiger partial charge on any atom is -0.307 e. The molecule has 1 fully saturated rings. The smallest absolute Gasteiger partial charge is 0.139 e. The lowest BCUT2D eigenvalue weighted by molar-refractivity contribution is 0.255. The summed E-state index contributed by atoms with van der Waals surface area (Å²) in [5, 5.41) is 3.66. The zero-order valence-electron chi connectivity index (χ0n) is 13.9. The predicted octanol–water partition coefficient (Wildman–Crippen LogP) is 3.00. The van der Waals surface area contributed by atoms with Crippen molar-refractivity contribution in [1.82, 2.24) is 19.6 Å². The molecule has 0 aromatic carbocycles. The van der Waals surface area contributed by atoms with Crippen LogP contribution >= 0.6 is 0 Å². The number of rotatable bonds is 5. The number of likely N-dealkylation sites (tertiary alicyclic amines) is 1. The fourth-order valence-electron chi connectivity index (χ4n) is 3.38. The van der Waals surface area contributed by atoms with E-state index >= 15 is 0 Å². The maximum atomic E-state index is 4.54. The first-order valence-corrected chi connectivity index (χ1v) is 8.61. The van der Waals surface area contributed by atoms with Gasteiger partial charge in [-0.15, -0.1) is 0 Å². The maximum absolute atomic E-state index is 4.54. The minimum absolute atomic E-state index is 0.508. The summed E-state index contributed by atoms with van der Waals surface area (Å²) < 4.78 is 2.20. The Balaban J connectivity index is 1.55. The van der Waals surface area contributed by atoms with Crippen LogP contribution in [0.4, 0.5) is 0 Å². The molecule has 1 aliphatic rings. The van der Waals surface area contributed by atoms with Gasteiger partial charge in [0.1, 0.15) is 5.65 Å². The van der Waals surface area contributed by atoms with E-state index in [-0.39, 0.29) is 0 Å². The highest BCUT2D eigenvalue weighted by atomic mass is 15.1. The number of aryl methyl sites for hydroxylation is 1. The second-order valence-corrected chi connectivity index (χ2v) is 6.63. The molecule has 2 aromatic rings. The molecule has 3 rings (SSSR count). The molecule has 0 radical (unpaired) electrons. The molecule has 1 atom stereocenters. The molecule has 0 bridgehead atoms. The van der Waals surface area contributed by atoms with Gasteiger partial charge >= 0.3 is 0 Å². The van der Waals surface area contributed by atoms with Gasteiger partial charge < -0.3 is 14.6 Å². The highest BCUT2D eigenvalue weighted by molar-refractivity contribution is 5.48. The molecule has 0 unspecified atom stereocenters. The van der Waals surface area contributed by atoms with Gasteiger partial charge in [0, 0.05) is 25.3 Å². The van der Waals surface area contributed by atoms with E-state index in [1.807, 2.05) is 6.20 Å². The molecule has 0 saturated carbocycles. The Morgan fingerprint density at radius 3 is 2.77 bits per heavy atom. The quantitative estimate of drug-likeness (QED) is 0.921. The molecule has 3 heterocycles. The summed E-state index contributed by atoms with van der Waals surface area (Å²) in [5.41, 5.74) is 3.53. The Bertz CT molecular complexity index is 596. The van der Waals surface area contributed by atoms with Crippen molar-refractivity contribution >= 4 is 5.65 Å². The third-order valence-corrected chi connectivity index (χ3v) is 4.67. The van der Waals surface area contributed by atoms with Crippen molar-refractivity contribution in [2.24, 2.45) is 0 Å². The van der Waals surface area contributed by atoms with Gasteiger partial charge in [0.15, 0.2) is 0 Å². The average Bonchev–Trinajstić information content (AvgIpc) is 2.76. The number of fused-ring (bicyclic) bond motifs is 1. The molecule has 1 aliphatic heterocycles. The van der Waals surface area contributed by atoms with E-state index in [0.717, 1.165) is 18.7 Å². The lowest BCUT2D eigenvalue weighted by atomic mass is 10.2. The summed E-state index contributed by atoms with van der Waals surface area (Å²) in [6.45, 7) is 8.96. The first-order chi connectivity index (χ1) is 10.7. The summed E-state index contributed by atoms with van der Waals surface area (Å²) >= 11 is 0. The standard InChI is InChI=1S/C18H28N4/c1-15-8-7-11-22-17(13-20-18(15)22)12-19-16(2)14-21-9-5-3-4-6-10-21/h7-8,11,13,16,19H,3-6,9-10,12,14H2,1-2H3/t16-/m0/s1. The predicted molar refractivity (Wildman–Crippen MR) is 91.1 cm³/mol. The zero-order chi connectivity index (χ0) is 15.4. The van der Waals surface area contributed by atoms with E-state index in [0.29, 0.717) is 6.04 Å². The summed E-state index contributed by atoms with van der Waals surface area (Å²) in [7, 11) is 0. The van der Waals surface area contributed by atoms with Gasteiger partial charge in [0.2, 0.25) is 0 Å². The van der Waals surface area contributed by atoms with Crippen LogP contribution in [-0.4, -0.2) is 40.0 Å². The van der Waals surface area contributed by atoms with Crippen molar-refractivity contribution in [3.8, 4) is 0 Å². The monoisotopic (exact) mass is 300 g/mol. The van der Waals surface area contributed by atoms with Gasteiger partial charge in [0.25, 0.3) is 0 Å². The summed E-state index contributed by atoms with van der Waals surface area (Å²) in [4.78, 5) is 7.15. The Labute approximate surface area is 133 Å². The molecular formula is C18H28N4. The first kappa shape index (κ1) is 15.5. The first-order valence-electron chi connectivity index (χ1n) is 8.61. The largest absolute Gasteiger partial charge is 0.307 e. The van der Waals surface area contributed by atoms with Crippen LogP contribution in [0.3, 0.4) is 0 Å². The molecule has 120 valence electrons. The lowest BCUT2D eigenvalue weighted by Gasteiger charge is -2.24. The number of nitrogens with one attached hydrogen (secondary N) is 1. The molecule has 22 heavy (non-hydrogen) atoms. The van der Waals surface area contributed by atoms with Crippen molar-refractivity contribution in [2.75, 3.05) is 19.6 Å². The van der Waals surface area contributed by atoms with Crippen LogP contribution in [0.5, 0.6) is 0 Å². The molecule has 0 amide bonds. The number of nitrogens with zero attached hydrogens (tertiary/aromatic N) is 3. The molecule has 0 aliphatic carbocycles. The Morgan fingerprint density at radius 2 is 2.00 bits per heavy atom. The van der Waals surface area contributed by atoms with Crippen LogP contribution in [0, 0.1) is 6.92 Å². The highest BCUT2D eigenvalue weighted by Gasteiger charge is 2.13. The van der Waals surface area contributed by atoms with Crippen LogP contribution in [0.25, 0.3) is 5.65 Å².